The highest BCUT2D eigenvalue weighted by Gasteiger charge is 2.20. The predicted octanol–water partition coefficient (Wildman–Crippen LogP) is 4.35. The molecule has 0 spiro atoms. The lowest BCUT2D eigenvalue weighted by atomic mass is 10.3. The zero-order valence-electron chi connectivity index (χ0n) is 11.3. The number of halogens is 2. The lowest BCUT2D eigenvalue weighted by Crippen LogP contribution is -2.06. The first-order valence-corrected chi connectivity index (χ1v) is 8.39. The van der Waals surface area contributed by atoms with Crippen LogP contribution >= 0.6 is 27.5 Å². The molecule has 0 saturated heterocycles. The molecule has 0 N–H and O–H groups in total. The fourth-order valence-corrected chi connectivity index (χ4v) is 2.91. The van der Waals surface area contributed by atoms with Crippen LogP contribution in [-0.2, 0) is 17.2 Å². The fraction of sp³-hybridized carbons (Fsp3) is 0.533. The Bertz CT molecular complexity index is 595. The Balaban J connectivity index is 1.66. The van der Waals surface area contributed by atoms with E-state index in [-0.39, 0.29) is 0 Å². The minimum absolute atomic E-state index is 0.440. The molecule has 1 aromatic heterocycles. The maximum absolute atomic E-state index is 6.01. The summed E-state index contributed by atoms with van der Waals surface area (Å²) in [5.41, 5.74) is 2.14. The van der Waals surface area contributed by atoms with Crippen molar-refractivity contribution in [1.29, 1.82) is 0 Å². The van der Waals surface area contributed by atoms with Crippen LogP contribution in [0.1, 0.15) is 25.1 Å². The van der Waals surface area contributed by atoms with Crippen molar-refractivity contribution in [3.05, 3.63) is 28.5 Å². The Morgan fingerprint density at radius 2 is 2.25 bits per heavy atom. The number of aromatic nitrogens is 2. The number of hydrogen-bond donors (Lipinski definition) is 0. The van der Waals surface area contributed by atoms with Crippen LogP contribution in [0, 0.1) is 5.92 Å². The number of ether oxygens (including phenoxy) is 1. The lowest BCUT2D eigenvalue weighted by Gasteiger charge is -2.08. The smallest absolute Gasteiger partial charge is 0.124 e. The first-order valence-electron chi connectivity index (χ1n) is 7.06. The highest BCUT2D eigenvalue weighted by Crippen LogP contribution is 2.28. The summed E-state index contributed by atoms with van der Waals surface area (Å²) < 4.78 is 8.96. The molecule has 3 rings (SSSR count). The highest BCUT2D eigenvalue weighted by molar-refractivity contribution is 9.10. The number of fused-ring (bicyclic) bond motifs is 1. The van der Waals surface area contributed by atoms with E-state index in [2.05, 4.69) is 31.5 Å². The summed E-state index contributed by atoms with van der Waals surface area (Å²) in [6, 6.07) is 6.13. The summed E-state index contributed by atoms with van der Waals surface area (Å²) >= 11 is 9.52. The van der Waals surface area contributed by atoms with E-state index in [4.69, 9.17) is 16.3 Å². The third kappa shape index (κ3) is 3.35. The average molecular weight is 358 g/mol. The number of imidazole rings is 1. The SMILES string of the molecule is ClCc1nc2ccc(Br)cc2n1CCCOCC1CC1. The first-order chi connectivity index (χ1) is 9.78. The van der Waals surface area contributed by atoms with E-state index >= 15 is 0 Å². The zero-order valence-corrected chi connectivity index (χ0v) is 13.7. The molecule has 1 aliphatic rings. The summed E-state index contributed by atoms with van der Waals surface area (Å²) in [6.07, 6.45) is 3.68. The van der Waals surface area contributed by atoms with Crippen molar-refractivity contribution in [1.82, 2.24) is 9.55 Å². The van der Waals surface area contributed by atoms with E-state index in [1.807, 2.05) is 12.1 Å². The summed E-state index contributed by atoms with van der Waals surface area (Å²) in [5, 5.41) is 0. The molecular formula is C15H18BrClN2O. The Morgan fingerprint density at radius 1 is 1.40 bits per heavy atom. The van der Waals surface area contributed by atoms with Gasteiger partial charge in [0, 0.05) is 24.2 Å². The Kier molecular flexibility index (Phi) is 4.64. The normalized spacial score (nSPS) is 15.1. The molecule has 1 aromatic carbocycles. The van der Waals surface area contributed by atoms with Gasteiger partial charge in [-0.05, 0) is 43.4 Å². The predicted molar refractivity (Wildman–Crippen MR) is 85.2 cm³/mol. The van der Waals surface area contributed by atoms with Crippen molar-refractivity contribution >= 4 is 38.6 Å². The minimum Gasteiger partial charge on any atom is -0.381 e. The molecule has 3 nitrogen and oxygen atoms in total. The summed E-state index contributed by atoms with van der Waals surface area (Å²) in [5.74, 6) is 2.20. The fourth-order valence-electron chi connectivity index (χ4n) is 2.36. The molecule has 5 heteroatoms. The molecule has 2 aromatic rings. The van der Waals surface area contributed by atoms with E-state index in [1.165, 1.54) is 12.8 Å². The molecule has 0 unspecified atom stereocenters. The van der Waals surface area contributed by atoms with Gasteiger partial charge in [0.05, 0.1) is 16.9 Å². The van der Waals surface area contributed by atoms with Crippen molar-refractivity contribution in [2.75, 3.05) is 13.2 Å². The van der Waals surface area contributed by atoms with Gasteiger partial charge in [0.25, 0.3) is 0 Å². The van der Waals surface area contributed by atoms with E-state index in [1.54, 1.807) is 0 Å². The molecule has 0 bridgehead atoms. The van der Waals surface area contributed by atoms with Crippen LogP contribution in [0.4, 0.5) is 0 Å². The molecule has 20 heavy (non-hydrogen) atoms. The van der Waals surface area contributed by atoms with Gasteiger partial charge in [-0.15, -0.1) is 11.6 Å². The lowest BCUT2D eigenvalue weighted by molar-refractivity contribution is 0.119. The van der Waals surface area contributed by atoms with E-state index < -0.39 is 0 Å². The number of hydrogen-bond acceptors (Lipinski definition) is 2. The second-order valence-corrected chi connectivity index (χ2v) is 6.50. The van der Waals surface area contributed by atoms with E-state index in [9.17, 15) is 0 Å². The summed E-state index contributed by atoms with van der Waals surface area (Å²) in [6.45, 7) is 2.64. The van der Waals surface area contributed by atoms with Crippen LogP contribution in [0.15, 0.2) is 22.7 Å². The molecule has 108 valence electrons. The van der Waals surface area contributed by atoms with Crippen molar-refractivity contribution < 1.29 is 4.74 Å². The number of rotatable bonds is 7. The zero-order chi connectivity index (χ0) is 13.9. The minimum atomic E-state index is 0.440. The van der Waals surface area contributed by atoms with E-state index in [0.717, 1.165) is 53.4 Å². The molecule has 0 aliphatic heterocycles. The van der Waals surface area contributed by atoms with Crippen molar-refractivity contribution in [3.8, 4) is 0 Å². The molecular weight excluding hydrogens is 340 g/mol. The first kappa shape index (κ1) is 14.4. The van der Waals surface area contributed by atoms with Crippen LogP contribution in [-0.4, -0.2) is 22.8 Å². The van der Waals surface area contributed by atoms with Gasteiger partial charge in [-0.25, -0.2) is 4.98 Å². The van der Waals surface area contributed by atoms with Gasteiger partial charge in [-0.3, -0.25) is 0 Å². The van der Waals surface area contributed by atoms with Gasteiger partial charge in [0.1, 0.15) is 5.82 Å². The summed E-state index contributed by atoms with van der Waals surface area (Å²) in [4.78, 5) is 4.58. The van der Waals surface area contributed by atoms with Gasteiger partial charge in [-0.2, -0.15) is 0 Å². The topological polar surface area (TPSA) is 27.1 Å². The van der Waals surface area contributed by atoms with Crippen molar-refractivity contribution in [2.24, 2.45) is 5.92 Å². The van der Waals surface area contributed by atoms with Crippen LogP contribution < -0.4 is 0 Å². The maximum atomic E-state index is 6.01. The number of alkyl halides is 1. The van der Waals surface area contributed by atoms with Gasteiger partial charge in [-0.1, -0.05) is 15.9 Å². The summed E-state index contributed by atoms with van der Waals surface area (Å²) in [7, 11) is 0. The average Bonchev–Trinajstić information content (AvgIpc) is 3.20. The van der Waals surface area contributed by atoms with Gasteiger partial charge < -0.3 is 9.30 Å². The van der Waals surface area contributed by atoms with Crippen molar-refractivity contribution in [3.63, 3.8) is 0 Å². The largest absolute Gasteiger partial charge is 0.381 e. The quantitative estimate of drug-likeness (QED) is 0.544. The third-order valence-corrected chi connectivity index (χ3v) is 4.36. The molecule has 1 heterocycles. The van der Waals surface area contributed by atoms with Crippen molar-refractivity contribution in [2.45, 2.75) is 31.7 Å². The molecule has 0 amide bonds. The standard InChI is InChI=1S/C15H18BrClN2O/c16-12-4-5-13-14(8-12)19(15(9-17)18-13)6-1-7-20-10-11-2-3-11/h4-5,8,11H,1-3,6-7,9-10H2. The number of aryl methyl sites for hydroxylation is 1. The molecule has 0 radical (unpaired) electrons. The van der Waals surface area contributed by atoms with Crippen LogP contribution in [0.5, 0.6) is 0 Å². The number of benzene rings is 1. The van der Waals surface area contributed by atoms with Crippen LogP contribution in [0.2, 0.25) is 0 Å². The van der Waals surface area contributed by atoms with Crippen LogP contribution in [0.3, 0.4) is 0 Å². The number of nitrogens with zero attached hydrogens (tertiary/aromatic N) is 2. The third-order valence-electron chi connectivity index (χ3n) is 3.63. The van der Waals surface area contributed by atoms with Crippen LogP contribution in [0.25, 0.3) is 11.0 Å². The van der Waals surface area contributed by atoms with E-state index in [0.29, 0.717) is 5.88 Å². The second kappa shape index (κ2) is 6.46. The van der Waals surface area contributed by atoms with Gasteiger partial charge in [0.15, 0.2) is 0 Å². The monoisotopic (exact) mass is 356 g/mol. The molecule has 1 aliphatic carbocycles. The maximum Gasteiger partial charge on any atom is 0.124 e. The molecule has 0 atom stereocenters. The Labute approximate surface area is 132 Å². The van der Waals surface area contributed by atoms with Gasteiger partial charge in [0.2, 0.25) is 0 Å². The second-order valence-electron chi connectivity index (χ2n) is 5.32. The molecule has 1 saturated carbocycles. The Hall–Kier alpha value is -0.580. The Morgan fingerprint density at radius 3 is 3.00 bits per heavy atom. The molecule has 1 fully saturated rings. The highest BCUT2D eigenvalue weighted by atomic mass is 79.9. The van der Waals surface area contributed by atoms with Gasteiger partial charge >= 0.3 is 0 Å².